The van der Waals surface area contributed by atoms with E-state index in [1.807, 2.05) is 53.1 Å². The Hall–Kier alpha value is -3.76. The molecule has 3 aromatic carbocycles. The number of benzene rings is 3. The molecule has 1 aliphatic carbocycles. The van der Waals surface area contributed by atoms with E-state index >= 15 is 0 Å². The van der Waals surface area contributed by atoms with Crippen molar-refractivity contribution in [1.82, 2.24) is 4.57 Å². The molecule has 166 valence electrons. The van der Waals surface area contributed by atoms with Crippen molar-refractivity contribution >= 4 is 23.5 Å². The molecule has 0 bridgehead atoms. The maximum absolute atomic E-state index is 13.7. The van der Waals surface area contributed by atoms with Crippen LogP contribution in [0, 0.1) is 0 Å². The monoisotopic (exact) mass is 460 g/mol. The van der Waals surface area contributed by atoms with Gasteiger partial charge < -0.3 is 0 Å². The van der Waals surface area contributed by atoms with Crippen LogP contribution in [0.2, 0.25) is 0 Å². The Bertz CT molecular complexity index is 1580. The molecule has 34 heavy (non-hydrogen) atoms. The number of hydrogen-bond acceptors (Lipinski definition) is 3. The van der Waals surface area contributed by atoms with Gasteiger partial charge in [-0.1, -0.05) is 102 Å². The lowest BCUT2D eigenvalue weighted by Gasteiger charge is -2.31. The number of aromatic nitrogens is 1. The van der Waals surface area contributed by atoms with Gasteiger partial charge in [-0.25, -0.2) is 4.99 Å². The summed E-state index contributed by atoms with van der Waals surface area (Å²) in [5.41, 5.74) is 6.96. The van der Waals surface area contributed by atoms with Crippen LogP contribution in [0.1, 0.15) is 42.0 Å². The quantitative estimate of drug-likeness (QED) is 0.398. The number of allylic oxidation sites excluding steroid dienone is 2. The van der Waals surface area contributed by atoms with Gasteiger partial charge in [-0.3, -0.25) is 9.36 Å². The Labute approximate surface area is 202 Å². The van der Waals surface area contributed by atoms with E-state index in [0.29, 0.717) is 0 Å². The van der Waals surface area contributed by atoms with Crippen molar-refractivity contribution in [2.24, 2.45) is 4.99 Å². The fourth-order valence-corrected chi connectivity index (χ4v) is 5.94. The van der Waals surface area contributed by atoms with Gasteiger partial charge in [0.05, 0.1) is 16.3 Å². The molecular weight excluding hydrogens is 436 g/mol. The highest BCUT2D eigenvalue weighted by molar-refractivity contribution is 7.07. The fourth-order valence-electron chi connectivity index (χ4n) is 4.94. The SMILES string of the molecule is O=c1/c(=C\c2ccccc2)sc2n1[C@H](c1ccccc1)C1=C(N=2)/C(=C/c2ccccc2)CCC1. The van der Waals surface area contributed by atoms with Crippen LogP contribution in [-0.4, -0.2) is 4.57 Å². The standard InChI is InChI=1S/C30H24N2OS/c33-29-26(20-22-13-6-2-7-14-22)34-30-31-27-24(19-21-11-4-1-5-12-21)17-10-18-25(27)28(32(29)30)23-15-8-3-9-16-23/h1-9,11-16,19-20,28H,10,17-18H2/b24-19+,26-20+/t28-/m1/s1. The highest BCUT2D eigenvalue weighted by atomic mass is 32.1. The van der Waals surface area contributed by atoms with Gasteiger partial charge in [0.25, 0.3) is 5.56 Å². The first-order chi connectivity index (χ1) is 16.8. The molecule has 4 aromatic rings. The second kappa shape index (κ2) is 8.88. The van der Waals surface area contributed by atoms with Crippen LogP contribution in [0.4, 0.5) is 0 Å². The van der Waals surface area contributed by atoms with E-state index in [4.69, 9.17) is 4.99 Å². The van der Waals surface area contributed by atoms with Crippen LogP contribution in [0.5, 0.6) is 0 Å². The molecule has 1 aromatic heterocycles. The van der Waals surface area contributed by atoms with Crippen molar-refractivity contribution in [2.45, 2.75) is 25.3 Å². The number of fused-ring (bicyclic) bond motifs is 1. The van der Waals surface area contributed by atoms with E-state index in [-0.39, 0.29) is 11.6 Å². The highest BCUT2D eigenvalue weighted by Gasteiger charge is 2.32. The first kappa shape index (κ1) is 20.8. The van der Waals surface area contributed by atoms with Gasteiger partial charge in [0.2, 0.25) is 0 Å². The molecule has 0 saturated heterocycles. The van der Waals surface area contributed by atoms with Gasteiger partial charge in [0, 0.05) is 0 Å². The molecule has 4 heteroatoms. The molecule has 2 aliphatic rings. The summed E-state index contributed by atoms with van der Waals surface area (Å²) in [4.78, 5) is 19.6. The highest BCUT2D eigenvalue weighted by Crippen LogP contribution is 2.40. The number of nitrogens with zero attached hydrogens (tertiary/aromatic N) is 2. The third-order valence-corrected chi connectivity index (χ3v) is 7.47. The second-order valence-electron chi connectivity index (χ2n) is 8.71. The lowest BCUT2D eigenvalue weighted by Crippen LogP contribution is -2.39. The zero-order valence-corrected chi connectivity index (χ0v) is 19.5. The summed E-state index contributed by atoms with van der Waals surface area (Å²) in [6.45, 7) is 0. The van der Waals surface area contributed by atoms with Gasteiger partial charge in [-0.05, 0) is 59.3 Å². The van der Waals surface area contributed by atoms with Crippen molar-refractivity contribution in [3.63, 3.8) is 0 Å². The molecule has 1 aliphatic heterocycles. The van der Waals surface area contributed by atoms with Gasteiger partial charge in [-0.15, -0.1) is 0 Å². The molecule has 0 N–H and O–H groups in total. The topological polar surface area (TPSA) is 34.4 Å². The lowest BCUT2D eigenvalue weighted by atomic mass is 9.84. The number of hydrogen-bond donors (Lipinski definition) is 0. The normalized spacial score (nSPS) is 19.0. The summed E-state index contributed by atoms with van der Waals surface area (Å²) in [6, 6.07) is 30.7. The van der Waals surface area contributed by atoms with Crippen LogP contribution in [-0.2, 0) is 0 Å². The molecule has 6 rings (SSSR count). The van der Waals surface area contributed by atoms with E-state index in [0.717, 1.165) is 45.4 Å². The molecule has 0 unspecified atom stereocenters. The molecular formula is C30H24N2OS. The largest absolute Gasteiger partial charge is 0.272 e. The van der Waals surface area contributed by atoms with E-state index in [1.165, 1.54) is 28.0 Å². The molecule has 0 radical (unpaired) electrons. The lowest BCUT2D eigenvalue weighted by molar-refractivity contribution is 0.553. The van der Waals surface area contributed by atoms with E-state index < -0.39 is 0 Å². The van der Waals surface area contributed by atoms with Crippen molar-refractivity contribution in [1.29, 1.82) is 0 Å². The van der Waals surface area contributed by atoms with E-state index in [2.05, 4.69) is 54.6 Å². The zero-order chi connectivity index (χ0) is 22.9. The Morgan fingerprint density at radius 1 is 0.794 bits per heavy atom. The summed E-state index contributed by atoms with van der Waals surface area (Å²) < 4.78 is 2.64. The van der Waals surface area contributed by atoms with Gasteiger partial charge in [0.1, 0.15) is 0 Å². The molecule has 0 spiro atoms. The maximum Gasteiger partial charge on any atom is 0.271 e. The molecule has 2 heterocycles. The summed E-state index contributed by atoms with van der Waals surface area (Å²) in [7, 11) is 0. The molecule has 3 nitrogen and oxygen atoms in total. The van der Waals surface area contributed by atoms with Crippen molar-refractivity contribution < 1.29 is 0 Å². The summed E-state index contributed by atoms with van der Waals surface area (Å²) in [6.07, 6.45) is 7.25. The van der Waals surface area contributed by atoms with Crippen molar-refractivity contribution in [3.8, 4) is 0 Å². The van der Waals surface area contributed by atoms with Crippen LogP contribution in [0.3, 0.4) is 0 Å². The summed E-state index contributed by atoms with van der Waals surface area (Å²) >= 11 is 1.49. The van der Waals surface area contributed by atoms with Crippen LogP contribution in [0.15, 0.2) is 118 Å². The summed E-state index contributed by atoms with van der Waals surface area (Å²) in [5.74, 6) is 0. The maximum atomic E-state index is 13.7. The predicted octanol–water partition coefficient (Wildman–Crippen LogP) is 5.48. The average molecular weight is 461 g/mol. The molecule has 0 fully saturated rings. The first-order valence-electron chi connectivity index (χ1n) is 11.7. The minimum atomic E-state index is -0.121. The molecule has 0 amide bonds. The minimum absolute atomic E-state index is 0.0344. The average Bonchev–Trinajstić information content (AvgIpc) is 3.19. The smallest absolute Gasteiger partial charge is 0.271 e. The fraction of sp³-hybridized carbons (Fsp3) is 0.133. The van der Waals surface area contributed by atoms with Gasteiger partial charge >= 0.3 is 0 Å². The van der Waals surface area contributed by atoms with Crippen LogP contribution >= 0.6 is 11.3 Å². The number of thiazole rings is 1. The second-order valence-corrected chi connectivity index (χ2v) is 9.72. The first-order valence-corrected chi connectivity index (χ1v) is 12.5. The van der Waals surface area contributed by atoms with E-state index in [9.17, 15) is 4.79 Å². The third kappa shape index (κ3) is 3.80. The Morgan fingerprint density at radius 2 is 1.41 bits per heavy atom. The van der Waals surface area contributed by atoms with Crippen molar-refractivity contribution in [2.75, 3.05) is 0 Å². The predicted molar refractivity (Wildman–Crippen MR) is 139 cm³/mol. The van der Waals surface area contributed by atoms with Gasteiger partial charge in [-0.2, -0.15) is 0 Å². The Morgan fingerprint density at radius 3 is 2.09 bits per heavy atom. The zero-order valence-electron chi connectivity index (χ0n) is 18.7. The van der Waals surface area contributed by atoms with E-state index in [1.54, 1.807) is 0 Å². The van der Waals surface area contributed by atoms with Crippen LogP contribution < -0.4 is 14.9 Å². The number of rotatable bonds is 3. The Kier molecular flexibility index (Phi) is 5.44. The minimum Gasteiger partial charge on any atom is -0.272 e. The molecule has 0 saturated carbocycles. The van der Waals surface area contributed by atoms with Crippen LogP contribution in [0.25, 0.3) is 12.2 Å². The summed E-state index contributed by atoms with van der Waals surface area (Å²) in [5, 5.41) is 0. The van der Waals surface area contributed by atoms with Crippen molar-refractivity contribution in [3.05, 3.63) is 144 Å². The third-order valence-electron chi connectivity index (χ3n) is 6.49. The van der Waals surface area contributed by atoms with Gasteiger partial charge in [0.15, 0.2) is 4.80 Å². The molecule has 1 atom stereocenters. The Balaban J connectivity index is 1.59.